The molecule has 1 heterocycles. The van der Waals surface area contributed by atoms with Crippen molar-refractivity contribution in [2.45, 2.75) is 26.4 Å². The van der Waals surface area contributed by atoms with Crippen LogP contribution in [0.2, 0.25) is 0 Å². The lowest BCUT2D eigenvalue weighted by Crippen LogP contribution is -2.33. The molecule has 0 bridgehead atoms. The molecule has 19 heavy (non-hydrogen) atoms. The first kappa shape index (κ1) is 13.1. The van der Waals surface area contributed by atoms with Gasteiger partial charge in [-0.3, -0.25) is 9.48 Å². The zero-order valence-electron chi connectivity index (χ0n) is 11.0. The second kappa shape index (κ2) is 6.04. The van der Waals surface area contributed by atoms with Crippen LogP contribution >= 0.6 is 0 Å². The van der Waals surface area contributed by atoms with Crippen molar-refractivity contribution in [3.63, 3.8) is 0 Å². The summed E-state index contributed by atoms with van der Waals surface area (Å²) in [5.41, 5.74) is 0. The smallest absolute Gasteiger partial charge is 0.241 e. The van der Waals surface area contributed by atoms with Crippen LogP contribution in [-0.4, -0.2) is 21.7 Å². The van der Waals surface area contributed by atoms with Gasteiger partial charge in [0.05, 0.1) is 12.4 Å². The molecular weight excluding hydrogens is 242 g/mol. The van der Waals surface area contributed by atoms with Gasteiger partial charge in [0, 0.05) is 6.04 Å². The van der Waals surface area contributed by atoms with Crippen molar-refractivity contribution in [3.8, 4) is 11.5 Å². The van der Waals surface area contributed by atoms with Crippen molar-refractivity contribution in [1.82, 2.24) is 15.1 Å². The highest BCUT2D eigenvalue weighted by Gasteiger charge is 2.06. The molecule has 0 aliphatic carbocycles. The van der Waals surface area contributed by atoms with Crippen LogP contribution in [0.1, 0.15) is 13.8 Å². The average molecular weight is 259 g/mol. The molecule has 0 spiro atoms. The number of hydrogen-bond acceptors (Lipinski definition) is 3. The van der Waals surface area contributed by atoms with E-state index in [0.29, 0.717) is 5.75 Å². The van der Waals surface area contributed by atoms with Gasteiger partial charge in [-0.05, 0) is 26.0 Å². The fourth-order valence-corrected chi connectivity index (χ4v) is 1.62. The number of nitrogens with zero attached hydrogens (tertiary/aromatic N) is 2. The van der Waals surface area contributed by atoms with Gasteiger partial charge in [-0.2, -0.15) is 5.10 Å². The highest BCUT2D eigenvalue weighted by Crippen LogP contribution is 2.19. The third kappa shape index (κ3) is 4.13. The van der Waals surface area contributed by atoms with Crippen LogP contribution in [-0.2, 0) is 11.3 Å². The maximum absolute atomic E-state index is 11.6. The minimum absolute atomic E-state index is 0.0654. The number of amides is 1. The van der Waals surface area contributed by atoms with Crippen LogP contribution < -0.4 is 10.1 Å². The van der Waals surface area contributed by atoms with E-state index in [1.54, 1.807) is 17.1 Å². The fourth-order valence-electron chi connectivity index (χ4n) is 1.62. The molecule has 1 aromatic heterocycles. The standard InChI is InChI=1S/C14H17N3O2/c1-11(2)16-14(18)10-17-9-13(8-15-17)19-12-6-4-3-5-7-12/h3-9,11H,10H2,1-2H3,(H,16,18). The van der Waals surface area contributed by atoms with Gasteiger partial charge in [-0.1, -0.05) is 18.2 Å². The number of ether oxygens (including phenoxy) is 1. The molecule has 5 nitrogen and oxygen atoms in total. The molecule has 2 aromatic rings. The molecule has 0 saturated carbocycles. The van der Waals surface area contributed by atoms with Crippen LogP contribution in [0.5, 0.6) is 11.5 Å². The Kier molecular flexibility index (Phi) is 4.18. The van der Waals surface area contributed by atoms with Crippen molar-refractivity contribution in [2.24, 2.45) is 0 Å². The molecule has 0 radical (unpaired) electrons. The number of aromatic nitrogens is 2. The van der Waals surface area contributed by atoms with E-state index in [1.165, 1.54) is 0 Å². The molecule has 0 aliphatic rings. The summed E-state index contributed by atoms with van der Waals surface area (Å²) >= 11 is 0. The molecule has 100 valence electrons. The molecule has 5 heteroatoms. The van der Waals surface area contributed by atoms with E-state index < -0.39 is 0 Å². The van der Waals surface area contributed by atoms with Crippen molar-refractivity contribution in [2.75, 3.05) is 0 Å². The lowest BCUT2D eigenvalue weighted by atomic mass is 10.3. The predicted molar refractivity (Wildman–Crippen MR) is 72.0 cm³/mol. The summed E-state index contributed by atoms with van der Waals surface area (Å²) in [6, 6.07) is 9.58. The van der Waals surface area contributed by atoms with Gasteiger partial charge < -0.3 is 10.1 Å². The molecular formula is C14H17N3O2. The summed E-state index contributed by atoms with van der Waals surface area (Å²) in [5.74, 6) is 1.29. The largest absolute Gasteiger partial charge is 0.454 e. The third-order valence-electron chi connectivity index (χ3n) is 2.34. The molecule has 0 unspecified atom stereocenters. The maximum Gasteiger partial charge on any atom is 0.241 e. The molecule has 1 amide bonds. The van der Waals surface area contributed by atoms with Gasteiger partial charge >= 0.3 is 0 Å². The highest BCUT2D eigenvalue weighted by atomic mass is 16.5. The lowest BCUT2D eigenvalue weighted by molar-refractivity contribution is -0.122. The van der Waals surface area contributed by atoms with Crippen LogP contribution in [0.25, 0.3) is 0 Å². The van der Waals surface area contributed by atoms with E-state index in [1.807, 2.05) is 44.2 Å². The molecule has 0 saturated heterocycles. The number of hydrogen-bond donors (Lipinski definition) is 1. The lowest BCUT2D eigenvalue weighted by Gasteiger charge is -2.07. The third-order valence-corrected chi connectivity index (χ3v) is 2.34. The van der Waals surface area contributed by atoms with Gasteiger partial charge in [-0.25, -0.2) is 0 Å². The molecule has 0 atom stereocenters. The SMILES string of the molecule is CC(C)NC(=O)Cn1cc(Oc2ccccc2)cn1. The minimum Gasteiger partial charge on any atom is -0.454 e. The van der Waals surface area contributed by atoms with E-state index in [2.05, 4.69) is 10.4 Å². The van der Waals surface area contributed by atoms with Crippen LogP contribution in [0.4, 0.5) is 0 Å². The summed E-state index contributed by atoms with van der Waals surface area (Å²) in [6.07, 6.45) is 3.29. The van der Waals surface area contributed by atoms with E-state index in [4.69, 9.17) is 4.74 Å². The molecule has 1 aromatic carbocycles. The second-order valence-corrected chi connectivity index (χ2v) is 4.51. The van der Waals surface area contributed by atoms with E-state index in [9.17, 15) is 4.79 Å². The average Bonchev–Trinajstić information content (AvgIpc) is 2.76. The molecule has 0 fully saturated rings. The highest BCUT2D eigenvalue weighted by molar-refractivity contribution is 5.75. The van der Waals surface area contributed by atoms with Crippen molar-refractivity contribution in [1.29, 1.82) is 0 Å². The maximum atomic E-state index is 11.6. The van der Waals surface area contributed by atoms with E-state index >= 15 is 0 Å². The first-order chi connectivity index (χ1) is 9.13. The Hall–Kier alpha value is -2.30. The summed E-state index contributed by atoms with van der Waals surface area (Å²) in [7, 11) is 0. The minimum atomic E-state index is -0.0654. The number of rotatable bonds is 5. The molecule has 2 rings (SSSR count). The first-order valence-corrected chi connectivity index (χ1v) is 6.18. The van der Waals surface area contributed by atoms with Gasteiger partial charge in [0.1, 0.15) is 12.3 Å². The van der Waals surface area contributed by atoms with Crippen LogP contribution in [0.15, 0.2) is 42.7 Å². The fraction of sp³-hybridized carbons (Fsp3) is 0.286. The zero-order valence-corrected chi connectivity index (χ0v) is 11.0. The first-order valence-electron chi connectivity index (χ1n) is 6.18. The van der Waals surface area contributed by atoms with Crippen molar-refractivity contribution in [3.05, 3.63) is 42.7 Å². The van der Waals surface area contributed by atoms with Gasteiger partial charge in [0.25, 0.3) is 0 Å². The second-order valence-electron chi connectivity index (χ2n) is 4.51. The Morgan fingerprint density at radius 3 is 2.74 bits per heavy atom. The monoisotopic (exact) mass is 259 g/mol. The topological polar surface area (TPSA) is 56.2 Å². The summed E-state index contributed by atoms with van der Waals surface area (Å²) in [6.45, 7) is 4.03. The normalized spacial score (nSPS) is 10.5. The Morgan fingerprint density at radius 1 is 1.32 bits per heavy atom. The van der Waals surface area contributed by atoms with Crippen molar-refractivity contribution >= 4 is 5.91 Å². The Bertz CT molecular complexity index is 535. The Balaban J connectivity index is 1.94. The summed E-state index contributed by atoms with van der Waals surface area (Å²) < 4.78 is 7.16. The van der Waals surface area contributed by atoms with Crippen LogP contribution in [0.3, 0.4) is 0 Å². The van der Waals surface area contributed by atoms with Gasteiger partial charge in [0.15, 0.2) is 5.75 Å². The number of carbonyl (C=O) groups is 1. The molecule has 0 aliphatic heterocycles. The van der Waals surface area contributed by atoms with E-state index in [-0.39, 0.29) is 18.5 Å². The van der Waals surface area contributed by atoms with Gasteiger partial charge in [0.2, 0.25) is 5.91 Å². The van der Waals surface area contributed by atoms with E-state index in [0.717, 1.165) is 5.75 Å². The van der Waals surface area contributed by atoms with Crippen LogP contribution in [0, 0.1) is 0 Å². The quantitative estimate of drug-likeness (QED) is 0.895. The van der Waals surface area contributed by atoms with Crippen molar-refractivity contribution < 1.29 is 9.53 Å². The summed E-state index contributed by atoms with van der Waals surface area (Å²) in [5, 5.41) is 6.90. The number of carbonyl (C=O) groups excluding carboxylic acids is 1. The predicted octanol–water partition coefficient (Wildman–Crippen LogP) is 2.20. The number of benzene rings is 1. The summed E-state index contributed by atoms with van der Waals surface area (Å²) in [4.78, 5) is 11.6. The number of nitrogens with one attached hydrogen (secondary N) is 1. The zero-order chi connectivity index (χ0) is 13.7. The number of para-hydroxylation sites is 1. The molecule has 1 N–H and O–H groups in total. The Labute approximate surface area is 112 Å². The Morgan fingerprint density at radius 2 is 2.05 bits per heavy atom. The van der Waals surface area contributed by atoms with Gasteiger partial charge in [-0.15, -0.1) is 0 Å².